The smallest absolute Gasteiger partial charge is 0.255 e. The van der Waals surface area contributed by atoms with Gasteiger partial charge in [0.05, 0.1) is 7.11 Å². The van der Waals surface area contributed by atoms with Gasteiger partial charge in [0.1, 0.15) is 5.75 Å². The second-order valence-electron chi connectivity index (χ2n) is 4.55. The SMILES string of the molecule is COc1ccc(NC(=O)c2cccc(Br)c2C)c(C)c1. The molecule has 2 rings (SSSR count). The van der Waals surface area contributed by atoms with Gasteiger partial charge in [-0.3, -0.25) is 4.79 Å². The number of rotatable bonds is 3. The first-order valence-electron chi connectivity index (χ1n) is 6.24. The Balaban J connectivity index is 2.26. The van der Waals surface area contributed by atoms with E-state index in [0.717, 1.165) is 27.0 Å². The van der Waals surface area contributed by atoms with E-state index >= 15 is 0 Å². The number of hydrogen-bond acceptors (Lipinski definition) is 2. The van der Waals surface area contributed by atoms with E-state index in [1.165, 1.54) is 0 Å². The average Bonchev–Trinajstić information content (AvgIpc) is 2.44. The molecule has 20 heavy (non-hydrogen) atoms. The Hall–Kier alpha value is -1.81. The van der Waals surface area contributed by atoms with Crippen LogP contribution in [0, 0.1) is 13.8 Å². The van der Waals surface area contributed by atoms with Gasteiger partial charge in [-0.15, -0.1) is 0 Å². The van der Waals surface area contributed by atoms with Crippen LogP contribution in [0.3, 0.4) is 0 Å². The Kier molecular flexibility index (Phi) is 4.45. The van der Waals surface area contributed by atoms with Gasteiger partial charge in [-0.2, -0.15) is 0 Å². The molecule has 1 N–H and O–H groups in total. The topological polar surface area (TPSA) is 38.3 Å². The molecule has 4 heteroatoms. The number of halogens is 1. The lowest BCUT2D eigenvalue weighted by Crippen LogP contribution is -2.14. The molecule has 0 bridgehead atoms. The Morgan fingerprint density at radius 1 is 1.20 bits per heavy atom. The van der Waals surface area contributed by atoms with E-state index in [9.17, 15) is 4.79 Å². The zero-order valence-corrected chi connectivity index (χ0v) is 13.2. The van der Waals surface area contributed by atoms with Crippen LogP contribution in [0.2, 0.25) is 0 Å². The maximum atomic E-state index is 12.3. The lowest BCUT2D eigenvalue weighted by Gasteiger charge is -2.11. The first kappa shape index (κ1) is 14.6. The van der Waals surface area contributed by atoms with E-state index < -0.39 is 0 Å². The monoisotopic (exact) mass is 333 g/mol. The fourth-order valence-electron chi connectivity index (χ4n) is 1.95. The van der Waals surface area contributed by atoms with Gasteiger partial charge >= 0.3 is 0 Å². The van der Waals surface area contributed by atoms with E-state index in [1.54, 1.807) is 7.11 Å². The normalized spacial score (nSPS) is 10.2. The summed E-state index contributed by atoms with van der Waals surface area (Å²) < 4.78 is 6.08. The highest BCUT2D eigenvalue weighted by molar-refractivity contribution is 9.10. The van der Waals surface area contributed by atoms with Gasteiger partial charge in [0.2, 0.25) is 0 Å². The molecule has 0 heterocycles. The fraction of sp³-hybridized carbons (Fsp3) is 0.188. The van der Waals surface area contributed by atoms with Crippen LogP contribution in [-0.2, 0) is 0 Å². The van der Waals surface area contributed by atoms with Crippen LogP contribution < -0.4 is 10.1 Å². The zero-order valence-electron chi connectivity index (χ0n) is 11.7. The molecule has 104 valence electrons. The average molecular weight is 334 g/mol. The van der Waals surface area contributed by atoms with Gasteiger partial charge in [-0.25, -0.2) is 0 Å². The maximum Gasteiger partial charge on any atom is 0.255 e. The van der Waals surface area contributed by atoms with Crippen molar-refractivity contribution in [3.8, 4) is 5.75 Å². The molecule has 0 saturated carbocycles. The van der Waals surface area contributed by atoms with Crippen molar-refractivity contribution in [1.82, 2.24) is 0 Å². The molecule has 1 amide bonds. The summed E-state index contributed by atoms with van der Waals surface area (Å²) in [6.45, 7) is 3.85. The second kappa shape index (κ2) is 6.09. The summed E-state index contributed by atoms with van der Waals surface area (Å²) in [6.07, 6.45) is 0. The summed E-state index contributed by atoms with van der Waals surface area (Å²) in [6, 6.07) is 11.2. The van der Waals surface area contributed by atoms with Gasteiger partial charge < -0.3 is 10.1 Å². The number of anilines is 1. The third-order valence-corrected chi connectivity index (χ3v) is 4.05. The first-order valence-corrected chi connectivity index (χ1v) is 7.03. The molecule has 0 aliphatic rings. The Morgan fingerprint density at radius 3 is 2.60 bits per heavy atom. The molecule has 0 aliphatic carbocycles. The number of carbonyl (C=O) groups excluding carboxylic acids is 1. The number of aryl methyl sites for hydroxylation is 1. The zero-order chi connectivity index (χ0) is 14.7. The fourth-order valence-corrected chi connectivity index (χ4v) is 2.31. The summed E-state index contributed by atoms with van der Waals surface area (Å²) in [5.41, 5.74) is 3.34. The molecular formula is C16H16BrNO2. The van der Waals surface area contributed by atoms with Gasteiger partial charge in [0.15, 0.2) is 0 Å². The summed E-state index contributed by atoms with van der Waals surface area (Å²) in [5.74, 6) is 0.663. The van der Waals surface area contributed by atoms with Crippen molar-refractivity contribution in [2.24, 2.45) is 0 Å². The highest BCUT2D eigenvalue weighted by Gasteiger charge is 2.12. The van der Waals surface area contributed by atoms with Crippen molar-refractivity contribution in [2.45, 2.75) is 13.8 Å². The predicted molar refractivity (Wildman–Crippen MR) is 84.6 cm³/mol. The van der Waals surface area contributed by atoms with Gasteiger partial charge in [0.25, 0.3) is 5.91 Å². The largest absolute Gasteiger partial charge is 0.497 e. The van der Waals surface area contributed by atoms with Crippen LogP contribution in [0.1, 0.15) is 21.5 Å². The standard InChI is InChI=1S/C16H16BrNO2/c1-10-9-12(20-3)7-8-15(10)18-16(19)13-5-4-6-14(17)11(13)2/h4-9H,1-3H3,(H,18,19). The molecule has 0 aliphatic heterocycles. The third kappa shape index (κ3) is 3.02. The number of hydrogen-bond donors (Lipinski definition) is 1. The summed E-state index contributed by atoms with van der Waals surface area (Å²) in [4.78, 5) is 12.3. The molecule has 2 aromatic carbocycles. The second-order valence-corrected chi connectivity index (χ2v) is 5.40. The van der Waals surface area contributed by atoms with Crippen molar-refractivity contribution in [2.75, 3.05) is 12.4 Å². The molecule has 0 fully saturated rings. The van der Waals surface area contributed by atoms with Crippen LogP contribution in [0.25, 0.3) is 0 Å². The lowest BCUT2D eigenvalue weighted by molar-refractivity contribution is 0.102. The molecular weight excluding hydrogens is 318 g/mol. The van der Waals surface area contributed by atoms with Gasteiger partial charge in [0, 0.05) is 15.7 Å². The first-order chi connectivity index (χ1) is 9.52. The van der Waals surface area contributed by atoms with Crippen molar-refractivity contribution >= 4 is 27.5 Å². The molecule has 0 radical (unpaired) electrons. The van der Waals surface area contributed by atoms with Crippen molar-refractivity contribution in [3.63, 3.8) is 0 Å². The maximum absolute atomic E-state index is 12.3. The summed E-state index contributed by atoms with van der Waals surface area (Å²) in [7, 11) is 1.62. The minimum atomic E-state index is -0.114. The van der Waals surface area contributed by atoms with Gasteiger partial charge in [-0.1, -0.05) is 22.0 Å². The van der Waals surface area contributed by atoms with Crippen molar-refractivity contribution in [3.05, 3.63) is 57.6 Å². The number of methoxy groups -OCH3 is 1. The quantitative estimate of drug-likeness (QED) is 0.907. The van der Waals surface area contributed by atoms with Crippen LogP contribution >= 0.6 is 15.9 Å². The minimum absolute atomic E-state index is 0.114. The van der Waals surface area contributed by atoms with Crippen LogP contribution in [0.5, 0.6) is 5.75 Å². The molecule has 3 nitrogen and oxygen atoms in total. The van der Waals surface area contributed by atoms with E-state index in [2.05, 4.69) is 21.2 Å². The number of carbonyl (C=O) groups is 1. The van der Waals surface area contributed by atoms with E-state index in [0.29, 0.717) is 5.56 Å². The van der Waals surface area contributed by atoms with E-state index in [4.69, 9.17) is 4.74 Å². The number of nitrogens with one attached hydrogen (secondary N) is 1. The van der Waals surface area contributed by atoms with E-state index in [1.807, 2.05) is 50.2 Å². The molecule has 0 aromatic heterocycles. The van der Waals surface area contributed by atoms with Crippen LogP contribution in [0.15, 0.2) is 40.9 Å². The molecule has 2 aromatic rings. The highest BCUT2D eigenvalue weighted by Crippen LogP contribution is 2.24. The molecule has 0 spiro atoms. The van der Waals surface area contributed by atoms with Crippen LogP contribution in [-0.4, -0.2) is 13.0 Å². The van der Waals surface area contributed by atoms with Crippen molar-refractivity contribution in [1.29, 1.82) is 0 Å². The molecule has 0 unspecified atom stereocenters. The Bertz CT molecular complexity index is 653. The van der Waals surface area contributed by atoms with Crippen LogP contribution in [0.4, 0.5) is 5.69 Å². The predicted octanol–water partition coefficient (Wildman–Crippen LogP) is 4.33. The number of ether oxygens (including phenoxy) is 1. The lowest BCUT2D eigenvalue weighted by atomic mass is 10.1. The summed E-state index contributed by atoms with van der Waals surface area (Å²) >= 11 is 3.44. The summed E-state index contributed by atoms with van der Waals surface area (Å²) in [5, 5.41) is 2.93. The third-order valence-electron chi connectivity index (χ3n) is 3.19. The minimum Gasteiger partial charge on any atom is -0.497 e. The van der Waals surface area contributed by atoms with E-state index in [-0.39, 0.29) is 5.91 Å². The van der Waals surface area contributed by atoms with Crippen molar-refractivity contribution < 1.29 is 9.53 Å². The number of benzene rings is 2. The molecule has 0 atom stereocenters. The Morgan fingerprint density at radius 2 is 1.95 bits per heavy atom. The van der Waals surface area contributed by atoms with Gasteiger partial charge in [-0.05, 0) is 55.3 Å². The Labute approximate surface area is 127 Å². The molecule has 0 saturated heterocycles. The highest BCUT2D eigenvalue weighted by atomic mass is 79.9. The number of amides is 1.